The van der Waals surface area contributed by atoms with Gasteiger partial charge >= 0.3 is 0 Å². The molecule has 5 rings (SSSR count). The quantitative estimate of drug-likeness (QED) is 0.510. The minimum Gasteiger partial charge on any atom is -0.350 e. The molecule has 1 aliphatic rings. The number of carbonyl (C=O) groups excluding carboxylic acids is 2. The molecule has 0 radical (unpaired) electrons. The number of aromatic nitrogens is 1. The lowest BCUT2D eigenvalue weighted by atomic mass is 9.93. The zero-order valence-corrected chi connectivity index (χ0v) is 18.1. The van der Waals surface area contributed by atoms with Gasteiger partial charge in [-0.3, -0.25) is 9.59 Å². The molecule has 3 heterocycles. The molecule has 1 N–H and O–H groups in total. The van der Waals surface area contributed by atoms with E-state index in [1.165, 1.54) is 0 Å². The van der Waals surface area contributed by atoms with Crippen LogP contribution in [0.5, 0.6) is 0 Å². The molecule has 0 fully saturated rings. The summed E-state index contributed by atoms with van der Waals surface area (Å²) in [5, 5.41) is 6.13. The fourth-order valence-corrected chi connectivity index (χ4v) is 5.14. The van der Waals surface area contributed by atoms with E-state index in [9.17, 15) is 9.59 Å². The Morgan fingerprint density at radius 3 is 2.42 bits per heavy atom. The normalized spacial score (nSPS) is 18.2. The average molecular weight is 430 g/mol. The Labute approximate surface area is 184 Å². The fourth-order valence-electron chi connectivity index (χ4n) is 4.24. The highest BCUT2D eigenvalue weighted by atomic mass is 32.1. The number of hydrogen-bond donors (Lipinski definition) is 1. The number of rotatable bonds is 5. The van der Waals surface area contributed by atoms with E-state index in [0.29, 0.717) is 25.3 Å². The van der Waals surface area contributed by atoms with Crippen LogP contribution in [-0.4, -0.2) is 26.8 Å². The van der Waals surface area contributed by atoms with Gasteiger partial charge in [0.15, 0.2) is 0 Å². The number of nitrogens with one attached hydrogen (secondary N) is 1. The number of amides is 2. The van der Waals surface area contributed by atoms with Crippen LogP contribution in [-0.2, 0) is 24.4 Å². The lowest BCUT2D eigenvalue weighted by Gasteiger charge is -2.44. The molecule has 1 atom stereocenters. The van der Waals surface area contributed by atoms with Gasteiger partial charge in [0.1, 0.15) is 16.1 Å². The highest BCUT2D eigenvalue weighted by Gasteiger charge is 2.47. The smallest absolute Gasteiger partial charge is 0.271 e. The molecule has 4 aromatic rings. The number of nitrogens with zero attached hydrogens (tertiary/aromatic N) is 2. The molecule has 31 heavy (non-hydrogen) atoms. The van der Waals surface area contributed by atoms with Crippen molar-refractivity contribution in [3.8, 4) is 0 Å². The molecule has 0 spiro atoms. The summed E-state index contributed by atoms with van der Waals surface area (Å²) in [5.41, 5.74) is 1.66. The van der Waals surface area contributed by atoms with Crippen molar-refractivity contribution in [2.45, 2.75) is 32.1 Å². The molecule has 2 amide bonds. The van der Waals surface area contributed by atoms with Gasteiger partial charge in [-0.05, 0) is 35.6 Å². The molecule has 5 nitrogen and oxygen atoms in total. The summed E-state index contributed by atoms with van der Waals surface area (Å²) >= 11 is 1.60. The summed E-state index contributed by atoms with van der Waals surface area (Å²) in [4.78, 5) is 29.9. The topological polar surface area (TPSA) is 54.3 Å². The number of fused-ring (bicyclic) bond motifs is 3. The van der Waals surface area contributed by atoms with E-state index in [1.54, 1.807) is 16.2 Å². The van der Waals surface area contributed by atoms with Gasteiger partial charge in [0.05, 0.1) is 6.54 Å². The Morgan fingerprint density at radius 2 is 1.71 bits per heavy atom. The standard InChI is InChI=1S/C25H23N3O2S/c1-25(24(30)26-15-18-8-4-2-5-9-18)17-27-21(14-20-12-13-31-23(20)27)22(29)28(25)16-19-10-6-3-7-11-19/h2-14H,15-17H2,1H3,(H,26,30). The maximum Gasteiger partial charge on any atom is 0.271 e. The first kappa shape index (κ1) is 19.6. The Hall–Kier alpha value is -3.38. The zero-order chi connectivity index (χ0) is 21.4. The summed E-state index contributed by atoms with van der Waals surface area (Å²) in [7, 11) is 0. The third kappa shape index (κ3) is 3.43. The molecule has 1 unspecified atom stereocenters. The van der Waals surface area contributed by atoms with E-state index in [1.807, 2.05) is 89.7 Å². The molecule has 0 bridgehead atoms. The van der Waals surface area contributed by atoms with Crippen molar-refractivity contribution >= 4 is 33.4 Å². The highest BCUT2D eigenvalue weighted by Crippen LogP contribution is 2.35. The molecular formula is C25H23N3O2S. The van der Waals surface area contributed by atoms with Gasteiger partial charge in [0.25, 0.3) is 5.91 Å². The number of thiophene rings is 1. The van der Waals surface area contributed by atoms with Crippen LogP contribution in [0.25, 0.3) is 10.2 Å². The second kappa shape index (κ2) is 7.71. The Morgan fingerprint density at radius 1 is 1.03 bits per heavy atom. The van der Waals surface area contributed by atoms with Crippen molar-refractivity contribution in [3.05, 3.63) is 95.0 Å². The van der Waals surface area contributed by atoms with Crippen molar-refractivity contribution in [2.75, 3.05) is 0 Å². The fraction of sp³-hybridized carbons (Fsp3) is 0.200. The predicted octanol–water partition coefficient (Wildman–Crippen LogP) is 4.43. The lowest BCUT2D eigenvalue weighted by Crippen LogP contribution is -2.63. The number of carbonyl (C=O) groups is 2. The van der Waals surface area contributed by atoms with E-state index >= 15 is 0 Å². The van der Waals surface area contributed by atoms with Crippen LogP contribution >= 0.6 is 11.3 Å². The van der Waals surface area contributed by atoms with Gasteiger partial charge in [-0.2, -0.15) is 0 Å². The van der Waals surface area contributed by atoms with E-state index in [0.717, 1.165) is 21.3 Å². The summed E-state index contributed by atoms with van der Waals surface area (Å²) in [6.07, 6.45) is 0. The van der Waals surface area contributed by atoms with Crippen LogP contribution in [0.3, 0.4) is 0 Å². The van der Waals surface area contributed by atoms with E-state index < -0.39 is 5.54 Å². The van der Waals surface area contributed by atoms with Crippen LogP contribution in [0, 0.1) is 0 Å². The molecule has 0 saturated carbocycles. The molecule has 6 heteroatoms. The minimum atomic E-state index is -1.01. The van der Waals surface area contributed by atoms with Crippen molar-refractivity contribution < 1.29 is 9.59 Å². The largest absolute Gasteiger partial charge is 0.350 e. The van der Waals surface area contributed by atoms with Gasteiger partial charge in [-0.15, -0.1) is 11.3 Å². The van der Waals surface area contributed by atoms with Crippen LogP contribution in [0.15, 0.2) is 78.2 Å². The third-order valence-corrected chi connectivity index (χ3v) is 6.95. The second-order valence-electron chi connectivity index (χ2n) is 8.12. The Balaban J connectivity index is 1.51. The summed E-state index contributed by atoms with van der Waals surface area (Å²) < 4.78 is 2.01. The highest BCUT2D eigenvalue weighted by molar-refractivity contribution is 7.16. The van der Waals surface area contributed by atoms with E-state index in [-0.39, 0.29) is 11.8 Å². The first-order chi connectivity index (χ1) is 15.1. The van der Waals surface area contributed by atoms with Crippen LogP contribution < -0.4 is 5.32 Å². The second-order valence-corrected chi connectivity index (χ2v) is 9.01. The van der Waals surface area contributed by atoms with Gasteiger partial charge < -0.3 is 14.8 Å². The van der Waals surface area contributed by atoms with Crippen molar-refractivity contribution in [1.82, 2.24) is 14.8 Å². The molecule has 0 aliphatic carbocycles. The first-order valence-corrected chi connectivity index (χ1v) is 11.2. The summed E-state index contributed by atoms with van der Waals surface area (Å²) in [5.74, 6) is -0.263. The molecular weight excluding hydrogens is 406 g/mol. The van der Waals surface area contributed by atoms with Crippen molar-refractivity contribution in [3.63, 3.8) is 0 Å². The van der Waals surface area contributed by atoms with Crippen LogP contribution in [0.1, 0.15) is 28.5 Å². The monoisotopic (exact) mass is 429 g/mol. The average Bonchev–Trinajstić information content (AvgIpc) is 3.39. The van der Waals surface area contributed by atoms with Gasteiger partial charge in [0, 0.05) is 18.5 Å². The van der Waals surface area contributed by atoms with Gasteiger partial charge in [-0.25, -0.2) is 0 Å². The Bertz CT molecular complexity index is 1250. The maximum atomic E-state index is 13.6. The lowest BCUT2D eigenvalue weighted by molar-refractivity contribution is -0.133. The summed E-state index contributed by atoms with van der Waals surface area (Å²) in [6.45, 7) is 3.10. The van der Waals surface area contributed by atoms with Crippen LogP contribution in [0.2, 0.25) is 0 Å². The summed E-state index contributed by atoms with van der Waals surface area (Å²) in [6, 6.07) is 23.6. The SMILES string of the molecule is CC1(C(=O)NCc2ccccc2)Cn2c(cc3ccsc32)C(=O)N1Cc1ccccc1. The predicted molar refractivity (Wildman–Crippen MR) is 123 cm³/mol. The van der Waals surface area contributed by atoms with E-state index in [2.05, 4.69) is 5.32 Å². The van der Waals surface area contributed by atoms with Crippen molar-refractivity contribution in [2.24, 2.45) is 0 Å². The molecule has 0 saturated heterocycles. The van der Waals surface area contributed by atoms with Crippen molar-refractivity contribution in [1.29, 1.82) is 0 Å². The van der Waals surface area contributed by atoms with Gasteiger partial charge in [-0.1, -0.05) is 60.7 Å². The zero-order valence-electron chi connectivity index (χ0n) is 17.2. The molecule has 2 aromatic carbocycles. The number of benzene rings is 2. The first-order valence-electron chi connectivity index (χ1n) is 10.3. The molecule has 2 aromatic heterocycles. The van der Waals surface area contributed by atoms with Gasteiger partial charge in [0.2, 0.25) is 5.91 Å². The molecule has 1 aliphatic heterocycles. The molecule has 156 valence electrons. The van der Waals surface area contributed by atoms with E-state index in [4.69, 9.17) is 0 Å². The minimum absolute atomic E-state index is 0.115. The number of hydrogen-bond acceptors (Lipinski definition) is 3. The third-order valence-electron chi connectivity index (χ3n) is 6.00. The Kier molecular flexibility index (Phi) is 4.87. The van der Waals surface area contributed by atoms with Crippen LogP contribution in [0.4, 0.5) is 0 Å². The maximum absolute atomic E-state index is 13.6.